The van der Waals surface area contributed by atoms with Crippen LogP contribution in [0.3, 0.4) is 0 Å². The summed E-state index contributed by atoms with van der Waals surface area (Å²) >= 11 is 10.7. The highest BCUT2D eigenvalue weighted by Gasteiger charge is 2.23. The summed E-state index contributed by atoms with van der Waals surface area (Å²) in [6, 6.07) is 22.2. The second kappa shape index (κ2) is 11.1. The van der Waals surface area contributed by atoms with E-state index in [1.54, 1.807) is 36.5 Å². The van der Waals surface area contributed by atoms with E-state index in [1.807, 2.05) is 47.4 Å². The molecule has 1 fully saturated rings. The first-order valence-corrected chi connectivity index (χ1v) is 13.5. The van der Waals surface area contributed by atoms with Gasteiger partial charge in [-0.15, -0.1) is 0 Å². The Bertz CT molecular complexity index is 1370. The lowest BCUT2D eigenvalue weighted by Crippen LogP contribution is -2.48. The predicted molar refractivity (Wildman–Crippen MR) is 146 cm³/mol. The molecule has 1 atom stereocenters. The minimum absolute atomic E-state index is 0.00452. The Morgan fingerprint density at radius 3 is 2.44 bits per heavy atom. The molecule has 1 aliphatic rings. The van der Waals surface area contributed by atoms with E-state index in [9.17, 15) is 9.35 Å². The normalized spacial score (nSPS) is 15.1. The minimum Gasteiger partial charge on any atom is -0.588 e. The number of carbonyl (C=O) groups excluding carboxylic acids is 1. The average Bonchev–Trinajstić information content (AvgIpc) is 2.91. The van der Waals surface area contributed by atoms with E-state index in [1.165, 1.54) is 0 Å². The summed E-state index contributed by atoms with van der Waals surface area (Å²) < 4.78 is 16.0. The average molecular weight is 539 g/mol. The van der Waals surface area contributed by atoms with E-state index in [-0.39, 0.29) is 5.91 Å². The fraction of sp³-hybridized carbons (Fsp3) is 0.185. The minimum atomic E-state index is -1.48. The van der Waals surface area contributed by atoms with Crippen molar-refractivity contribution >= 4 is 57.1 Å². The number of halogens is 2. The largest absolute Gasteiger partial charge is 0.588 e. The molecule has 0 aliphatic carbocycles. The van der Waals surface area contributed by atoms with Crippen LogP contribution >= 0.6 is 23.2 Å². The number of aromatic nitrogens is 1. The number of fused-ring (bicyclic) bond motifs is 1. The quantitative estimate of drug-likeness (QED) is 0.322. The molecule has 1 aliphatic heterocycles. The van der Waals surface area contributed by atoms with Crippen LogP contribution in [-0.2, 0) is 17.9 Å². The van der Waals surface area contributed by atoms with Crippen LogP contribution in [-0.4, -0.2) is 51.4 Å². The van der Waals surface area contributed by atoms with Gasteiger partial charge >= 0.3 is 0 Å². The van der Waals surface area contributed by atoms with Gasteiger partial charge in [-0.3, -0.25) is 14.7 Å². The van der Waals surface area contributed by atoms with Gasteiger partial charge in [0.1, 0.15) is 16.9 Å². The smallest absolute Gasteiger partial charge is 0.253 e. The molecule has 36 heavy (non-hydrogen) atoms. The van der Waals surface area contributed by atoms with Crippen molar-refractivity contribution in [2.75, 3.05) is 30.9 Å². The van der Waals surface area contributed by atoms with Crippen molar-refractivity contribution < 1.29 is 9.35 Å². The van der Waals surface area contributed by atoms with Crippen LogP contribution in [0.2, 0.25) is 10.0 Å². The Labute approximate surface area is 223 Å². The number of pyridine rings is 1. The molecule has 184 valence electrons. The van der Waals surface area contributed by atoms with E-state index in [0.29, 0.717) is 44.8 Å². The fourth-order valence-electron chi connectivity index (χ4n) is 4.26. The first kappa shape index (κ1) is 24.9. The van der Waals surface area contributed by atoms with Crippen LogP contribution in [0.15, 0.2) is 83.9 Å². The van der Waals surface area contributed by atoms with Gasteiger partial charge in [0.05, 0.1) is 15.7 Å². The lowest BCUT2D eigenvalue weighted by atomic mass is 10.1. The molecule has 1 aromatic heterocycles. The van der Waals surface area contributed by atoms with Crippen LogP contribution in [0.5, 0.6) is 0 Å². The topological polar surface area (TPSA) is 71.5 Å². The summed E-state index contributed by atoms with van der Waals surface area (Å²) in [7, 11) is 0. The SMILES string of the molecule is O=C(c1ccc(N[S+]([O-])c2cccc3cccnc23)cc1)N1CCN(Cc2ccc(Cl)c(Cl)c2)CC1. The molecule has 2 heterocycles. The lowest BCUT2D eigenvalue weighted by molar-refractivity contribution is 0.0628. The lowest BCUT2D eigenvalue weighted by Gasteiger charge is -2.34. The van der Waals surface area contributed by atoms with Gasteiger partial charge in [0.15, 0.2) is 0 Å². The van der Waals surface area contributed by atoms with Gasteiger partial charge in [0.2, 0.25) is 4.90 Å². The number of piperazine rings is 1. The van der Waals surface area contributed by atoms with Crippen molar-refractivity contribution in [2.45, 2.75) is 11.4 Å². The molecule has 1 amide bonds. The highest BCUT2D eigenvalue weighted by atomic mass is 35.5. The van der Waals surface area contributed by atoms with E-state index >= 15 is 0 Å². The maximum Gasteiger partial charge on any atom is 0.253 e. The van der Waals surface area contributed by atoms with Gasteiger partial charge in [-0.05, 0) is 54.1 Å². The zero-order valence-corrected chi connectivity index (χ0v) is 21.7. The van der Waals surface area contributed by atoms with Gasteiger partial charge in [0, 0.05) is 49.9 Å². The molecule has 5 rings (SSSR count). The Morgan fingerprint density at radius 1 is 0.944 bits per heavy atom. The Morgan fingerprint density at radius 2 is 1.69 bits per heavy atom. The molecular weight excluding hydrogens is 515 g/mol. The number of hydrogen-bond acceptors (Lipinski definition) is 5. The summed E-state index contributed by atoms with van der Waals surface area (Å²) in [5, 5.41) is 2.04. The zero-order chi connectivity index (χ0) is 25.1. The number of benzene rings is 3. The van der Waals surface area contributed by atoms with Crippen molar-refractivity contribution in [3.8, 4) is 0 Å². The molecule has 0 spiro atoms. The number of nitrogens with one attached hydrogen (secondary N) is 1. The third kappa shape index (κ3) is 5.61. The Balaban J connectivity index is 1.17. The van der Waals surface area contributed by atoms with E-state index in [4.69, 9.17) is 23.2 Å². The van der Waals surface area contributed by atoms with Gasteiger partial charge in [0.25, 0.3) is 5.91 Å². The van der Waals surface area contributed by atoms with E-state index in [2.05, 4.69) is 14.6 Å². The first-order valence-electron chi connectivity index (χ1n) is 11.6. The number of amides is 1. The maximum absolute atomic E-state index is 13.0. The summed E-state index contributed by atoms with van der Waals surface area (Å²) in [6.45, 7) is 3.63. The fourth-order valence-corrected chi connectivity index (χ4v) is 5.59. The molecule has 1 unspecified atom stereocenters. The Kier molecular flexibility index (Phi) is 7.65. The summed E-state index contributed by atoms with van der Waals surface area (Å²) in [4.78, 5) is 22.2. The summed E-state index contributed by atoms with van der Waals surface area (Å²) in [5.74, 6) is -0.00452. The molecule has 1 saturated heterocycles. The van der Waals surface area contributed by atoms with Gasteiger partial charge in [-0.2, -0.15) is 0 Å². The summed E-state index contributed by atoms with van der Waals surface area (Å²) in [5.41, 5.74) is 3.08. The van der Waals surface area contributed by atoms with E-state index in [0.717, 1.165) is 30.6 Å². The number of para-hydroxylation sites is 1. The number of anilines is 1. The molecular formula is C27H24Cl2N4O2S. The number of hydrogen-bond donors (Lipinski definition) is 1. The molecule has 9 heteroatoms. The third-order valence-electron chi connectivity index (χ3n) is 6.19. The third-order valence-corrected chi connectivity index (χ3v) is 8.08. The molecule has 1 N–H and O–H groups in total. The Hall–Kier alpha value is -2.81. The molecule has 0 bridgehead atoms. The van der Waals surface area contributed by atoms with Crippen LogP contribution in [0.1, 0.15) is 15.9 Å². The molecule has 3 aromatic carbocycles. The van der Waals surface area contributed by atoms with Crippen molar-refractivity contribution in [3.63, 3.8) is 0 Å². The van der Waals surface area contributed by atoms with Crippen LogP contribution in [0, 0.1) is 0 Å². The molecule has 0 radical (unpaired) electrons. The van der Waals surface area contributed by atoms with Crippen LogP contribution < -0.4 is 4.72 Å². The van der Waals surface area contributed by atoms with E-state index < -0.39 is 11.4 Å². The monoisotopic (exact) mass is 538 g/mol. The highest BCUT2D eigenvalue weighted by Crippen LogP contribution is 2.25. The van der Waals surface area contributed by atoms with Gasteiger partial charge in [-0.25, -0.2) is 4.72 Å². The first-order chi connectivity index (χ1) is 17.5. The van der Waals surface area contributed by atoms with Crippen molar-refractivity contribution in [2.24, 2.45) is 0 Å². The molecule has 4 aromatic rings. The van der Waals surface area contributed by atoms with Crippen LogP contribution in [0.4, 0.5) is 5.69 Å². The standard InChI is InChI=1S/C27H24Cl2N4O2S/c28-23-11-6-19(17-24(23)29)18-32-13-15-33(16-14-32)27(34)21-7-9-22(10-8-21)31-36(35)25-5-1-3-20-4-2-12-30-26(20)25/h1-12,17,31H,13-16,18H2. The number of carbonyl (C=O) groups is 1. The number of rotatable bonds is 6. The van der Waals surface area contributed by atoms with Crippen molar-refractivity contribution in [3.05, 3.63) is 100 Å². The second-order valence-corrected chi connectivity index (χ2v) is 10.6. The maximum atomic E-state index is 13.0. The summed E-state index contributed by atoms with van der Waals surface area (Å²) in [6.07, 6.45) is 1.69. The molecule has 6 nitrogen and oxygen atoms in total. The highest BCUT2D eigenvalue weighted by molar-refractivity contribution is 7.93. The number of nitrogens with zero attached hydrogens (tertiary/aromatic N) is 3. The van der Waals surface area contributed by atoms with Crippen LogP contribution in [0.25, 0.3) is 10.9 Å². The zero-order valence-electron chi connectivity index (χ0n) is 19.4. The van der Waals surface area contributed by atoms with Crippen molar-refractivity contribution in [1.82, 2.24) is 14.8 Å². The van der Waals surface area contributed by atoms with Crippen molar-refractivity contribution in [1.29, 1.82) is 0 Å². The van der Waals surface area contributed by atoms with Gasteiger partial charge < -0.3 is 9.45 Å². The molecule has 0 saturated carbocycles. The second-order valence-electron chi connectivity index (χ2n) is 8.60. The predicted octanol–water partition coefficient (Wildman–Crippen LogP) is 5.63. The van der Waals surface area contributed by atoms with Gasteiger partial charge in [-0.1, -0.05) is 47.5 Å².